The van der Waals surface area contributed by atoms with Gasteiger partial charge in [-0.05, 0) is 111 Å². The molecule has 2 N–H and O–H groups in total. The average molecular weight is 636 g/mol. The lowest BCUT2D eigenvalue weighted by Gasteiger charge is -2.54. The largest absolute Gasteiger partial charge is 0.633 e. The second-order valence-corrected chi connectivity index (χ2v) is 14.5. The first-order valence-electron chi connectivity index (χ1n) is 16.7. The molecule has 0 saturated heterocycles. The van der Waals surface area contributed by atoms with Crippen molar-refractivity contribution in [2.24, 2.45) is 23.2 Å². The van der Waals surface area contributed by atoms with Crippen molar-refractivity contribution in [3.05, 3.63) is 34.5 Å². The molecule has 0 aliphatic heterocycles. The number of unbranched alkanes of at least 4 members (excludes halogenated alkanes) is 7. The molecule has 0 radical (unpaired) electrons. The van der Waals surface area contributed by atoms with E-state index in [-0.39, 0.29) is 40.5 Å². The van der Waals surface area contributed by atoms with E-state index in [2.05, 4.69) is 6.92 Å². The molecular formula is C34H51F6NO3. The number of benzene rings is 1. The fraction of sp³-hybridized carbons (Fsp3) is 0.824. The Morgan fingerprint density at radius 1 is 0.932 bits per heavy atom. The summed E-state index contributed by atoms with van der Waals surface area (Å²) in [6.45, 7) is 2.99. The van der Waals surface area contributed by atoms with E-state index in [4.69, 9.17) is 0 Å². The molecule has 4 nitrogen and oxygen atoms in total. The number of halogens is 6. The Balaban J connectivity index is 1.19. The average Bonchev–Trinajstić information content (AvgIpc) is 3.22. The van der Waals surface area contributed by atoms with Crippen LogP contribution in [-0.4, -0.2) is 59.4 Å². The first-order chi connectivity index (χ1) is 20.6. The predicted octanol–water partition coefficient (Wildman–Crippen LogP) is 9.22. The molecule has 4 rings (SSSR count). The summed E-state index contributed by atoms with van der Waals surface area (Å²) in [5.41, 5.74) is 1.64. The number of alkyl halides is 6. The van der Waals surface area contributed by atoms with E-state index in [1.165, 1.54) is 0 Å². The predicted molar refractivity (Wildman–Crippen MR) is 159 cm³/mol. The number of aliphatic hydroxyl groups excluding tert-OH is 1. The SMILES string of the molecule is CC12CC(F)C3c4ccc(O)cc4CC(CCCCC[N+](C)([O-])CCCCCCCCC(F)(F)C(F)(F)F)C3C1CCC2O. The van der Waals surface area contributed by atoms with Gasteiger partial charge in [-0.1, -0.05) is 38.7 Å². The molecule has 8 atom stereocenters. The van der Waals surface area contributed by atoms with Gasteiger partial charge in [-0.25, -0.2) is 4.39 Å². The van der Waals surface area contributed by atoms with Crippen LogP contribution in [0.1, 0.15) is 114 Å². The van der Waals surface area contributed by atoms with Crippen LogP contribution in [0.15, 0.2) is 18.2 Å². The number of quaternary nitrogens is 1. The van der Waals surface area contributed by atoms with Gasteiger partial charge in [-0.2, -0.15) is 22.0 Å². The van der Waals surface area contributed by atoms with Crippen molar-refractivity contribution >= 4 is 0 Å². The molecular weight excluding hydrogens is 584 g/mol. The van der Waals surface area contributed by atoms with E-state index >= 15 is 4.39 Å². The fourth-order valence-electron chi connectivity index (χ4n) is 8.82. The fourth-order valence-corrected chi connectivity index (χ4v) is 8.82. The Labute approximate surface area is 258 Å². The maximum Gasteiger partial charge on any atom is 0.453 e. The molecule has 0 heterocycles. The van der Waals surface area contributed by atoms with E-state index in [1.807, 2.05) is 6.07 Å². The lowest BCUT2D eigenvalue weighted by molar-refractivity contribution is -0.861. The van der Waals surface area contributed by atoms with Crippen molar-refractivity contribution in [3.63, 3.8) is 0 Å². The Kier molecular flexibility index (Phi) is 11.3. The summed E-state index contributed by atoms with van der Waals surface area (Å²) in [6, 6.07) is 5.34. The van der Waals surface area contributed by atoms with Gasteiger partial charge in [0.15, 0.2) is 0 Å². The summed E-state index contributed by atoms with van der Waals surface area (Å²) in [5.74, 6) is -3.96. The van der Waals surface area contributed by atoms with Crippen LogP contribution in [0, 0.1) is 28.4 Å². The highest BCUT2D eigenvalue weighted by molar-refractivity contribution is 5.41. The molecule has 8 unspecified atom stereocenters. The van der Waals surface area contributed by atoms with Crippen molar-refractivity contribution in [1.29, 1.82) is 0 Å². The molecule has 2 fully saturated rings. The van der Waals surface area contributed by atoms with E-state index < -0.39 is 36.2 Å². The number of hydroxylamine groups is 3. The highest BCUT2D eigenvalue weighted by atomic mass is 19.4. The van der Waals surface area contributed by atoms with Crippen LogP contribution in [0.5, 0.6) is 5.75 Å². The molecule has 3 aliphatic carbocycles. The summed E-state index contributed by atoms with van der Waals surface area (Å²) >= 11 is 0. The number of phenolic OH excluding ortho intramolecular Hbond substituents is 1. The minimum absolute atomic E-state index is 0.152. The van der Waals surface area contributed by atoms with Gasteiger partial charge in [-0.15, -0.1) is 0 Å². The molecule has 0 aromatic heterocycles. The number of phenols is 1. The summed E-state index contributed by atoms with van der Waals surface area (Å²) in [6.07, 6.45) is 0.995. The quantitative estimate of drug-likeness (QED) is 0.0874. The Morgan fingerprint density at radius 3 is 2.20 bits per heavy atom. The maximum absolute atomic E-state index is 15.9. The molecule has 0 spiro atoms. The number of hydrogen-bond donors (Lipinski definition) is 2. The Hall–Kier alpha value is -1.52. The van der Waals surface area contributed by atoms with Gasteiger partial charge in [0.05, 0.1) is 26.2 Å². The van der Waals surface area contributed by atoms with Crippen molar-refractivity contribution in [2.75, 3.05) is 20.1 Å². The van der Waals surface area contributed by atoms with Gasteiger partial charge in [0.25, 0.3) is 0 Å². The van der Waals surface area contributed by atoms with Crippen molar-refractivity contribution < 1.29 is 41.2 Å². The number of hydrogen-bond acceptors (Lipinski definition) is 3. The summed E-state index contributed by atoms with van der Waals surface area (Å²) in [7, 11) is 1.66. The molecule has 10 heteroatoms. The summed E-state index contributed by atoms with van der Waals surface area (Å²) in [5, 5.41) is 33.9. The first-order valence-corrected chi connectivity index (χ1v) is 16.7. The number of fused-ring (bicyclic) bond motifs is 5. The van der Waals surface area contributed by atoms with Crippen LogP contribution >= 0.6 is 0 Å². The smallest absolute Gasteiger partial charge is 0.453 e. The van der Waals surface area contributed by atoms with Crippen molar-refractivity contribution in [2.45, 2.75) is 134 Å². The van der Waals surface area contributed by atoms with Crippen LogP contribution in [-0.2, 0) is 6.42 Å². The second-order valence-electron chi connectivity index (χ2n) is 14.5. The standard InChI is InChI=1S/C34H51F6NO3/c1-32-22-28(35)31-26-14-13-25(42)21-24(26)20-23(30(31)27(32)15-16-29(32)43)12-8-7-11-19-41(2,44)18-10-6-4-3-5-9-17-33(36,37)34(38,39)40/h13-14,21,23,27-31,42-43H,3-12,15-20,22H2,1-2H3. The van der Waals surface area contributed by atoms with Crippen LogP contribution < -0.4 is 0 Å². The number of aliphatic hydroxyl groups is 1. The molecule has 44 heavy (non-hydrogen) atoms. The van der Waals surface area contributed by atoms with E-state index in [0.717, 1.165) is 56.1 Å². The highest BCUT2D eigenvalue weighted by Gasteiger charge is 2.60. The summed E-state index contributed by atoms with van der Waals surface area (Å²) < 4.78 is 78.2. The van der Waals surface area contributed by atoms with E-state index in [1.54, 1.807) is 19.2 Å². The zero-order valence-corrected chi connectivity index (χ0v) is 26.2. The van der Waals surface area contributed by atoms with Crippen LogP contribution in [0.3, 0.4) is 0 Å². The molecule has 1 aromatic carbocycles. The molecule has 3 aliphatic rings. The van der Waals surface area contributed by atoms with Gasteiger partial charge in [0.1, 0.15) is 11.9 Å². The highest BCUT2D eigenvalue weighted by Crippen LogP contribution is 2.63. The third-order valence-electron chi connectivity index (χ3n) is 11.3. The monoisotopic (exact) mass is 635 g/mol. The number of rotatable bonds is 15. The number of nitrogens with zero attached hydrogens (tertiary/aromatic N) is 1. The second kappa shape index (κ2) is 14.1. The van der Waals surface area contributed by atoms with Crippen molar-refractivity contribution in [3.8, 4) is 5.75 Å². The zero-order chi connectivity index (χ0) is 32.3. The van der Waals surface area contributed by atoms with Gasteiger partial charge in [0.2, 0.25) is 0 Å². The van der Waals surface area contributed by atoms with Gasteiger partial charge in [0, 0.05) is 12.3 Å². The van der Waals surface area contributed by atoms with Gasteiger partial charge >= 0.3 is 12.1 Å². The van der Waals surface area contributed by atoms with Crippen LogP contribution in [0.2, 0.25) is 0 Å². The minimum atomic E-state index is -5.49. The van der Waals surface area contributed by atoms with Gasteiger partial charge < -0.3 is 20.1 Å². The van der Waals surface area contributed by atoms with E-state index in [0.29, 0.717) is 51.6 Å². The summed E-state index contributed by atoms with van der Waals surface area (Å²) in [4.78, 5) is 0. The van der Waals surface area contributed by atoms with Crippen molar-refractivity contribution in [1.82, 2.24) is 0 Å². The molecule has 0 bridgehead atoms. The normalized spacial score (nSPS) is 31.7. The minimum Gasteiger partial charge on any atom is -0.633 e. The lowest BCUT2D eigenvalue weighted by Crippen LogP contribution is -2.51. The molecule has 252 valence electrons. The van der Waals surface area contributed by atoms with Gasteiger partial charge in [-0.3, -0.25) is 0 Å². The number of aromatic hydroxyl groups is 1. The lowest BCUT2D eigenvalue weighted by atomic mass is 9.51. The zero-order valence-electron chi connectivity index (χ0n) is 26.2. The Morgan fingerprint density at radius 2 is 1.55 bits per heavy atom. The third kappa shape index (κ3) is 8.06. The van der Waals surface area contributed by atoms with Crippen LogP contribution in [0.4, 0.5) is 26.3 Å². The third-order valence-corrected chi connectivity index (χ3v) is 11.3. The maximum atomic E-state index is 15.9. The molecule has 2 saturated carbocycles. The van der Waals surface area contributed by atoms with Crippen LogP contribution in [0.25, 0.3) is 0 Å². The first kappa shape index (κ1) is 35.3. The topological polar surface area (TPSA) is 63.5 Å². The van der Waals surface area contributed by atoms with E-state index in [9.17, 15) is 37.4 Å². The Bertz CT molecular complexity index is 1080. The molecule has 1 aromatic rings. The molecule has 0 amide bonds.